The normalized spacial score (nSPS) is 33.9. The van der Waals surface area contributed by atoms with Crippen LogP contribution in [0, 0.1) is 11.8 Å². The summed E-state index contributed by atoms with van der Waals surface area (Å²) in [6.45, 7) is 3.06. The zero-order valence-corrected chi connectivity index (χ0v) is 12.0. The van der Waals surface area contributed by atoms with Gasteiger partial charge in [-0.2, -0.15) is 0 Å². The second kappa shape index (κ2) is 5.92. The van der Waals surface area contributed by atoms with Gasteiger partial charge in [-0.05, 0) is 57.5 Å². The molecular formula is C16H27NO2. The largest absolute Gasteiger partial charge is 0.375 e. The van der Waals surface area contributed by atoms with Crippen molar-refractivity contribution in [3.63, 3.8) is 0 Å². The summed E-state index contributed by atoms with van der Waals surface area (Å²) in [7, 11) is 0. The van der Waals surface area contributed by atoms with E-state index in [1.54, 1.807) is 0 Å². The lowest BCUT2D eigenvalue weighted by Crippen LogP contribution is -2.39. The summed E-state index contributed by atoms with van der Waals surface area (Å²) in [6, 6.07) is 0. The van der Waals surface area contributed by atoms with Crippen molar-refractivity contribution in [2.75, 3.05) is 19.7 Å². The van der Waals surface area contributed by atoms with Gasteiger partial charge in [0.25, 0.3) is 0 Å². The molecule has 0 aromatic heterocycles. The molecule has 3 fully saturated rings. The number of nitrogens with one attached hydrogen (secondary N) is 1. The molecule has 2 aliphatic heterocycles. The van der Waals surface area contributed by atoms with E-state index in [0.717, 1.165) is 51.3 Å². The molecule has 1 aliphatic carbocycles. The molecule has 2 atom stereocenters. The van der Waals surface area contributed by atoms with Gasteiger partial charge in [0, 0.05) is 18.9 Å². The Labute approximate surface area is 116 Å². The number of rotatable bonds is 4. The average Bonchev–Trinajstić information content (AvgIpc) is 3.08. The molecule has 19 heavy (non-hydrogen) atoms. The molecule has 0 aromatic rings. The van der Waals surface area contributed by atoms with Crippen LogP contribution in [0.5, 0.6) is 0 Å². The minimum absolute atomic E-state index is 0.0908. The summed E-state index contributed by atoms with van der Waals surface area (Å²) in [5.74, 6) is 1.55. The summed E-state index contributed by atoms with van der Waals surface area (Å²) in [5, 5.41) is 3.38. The number of Topliss-reactive ketones (excluding diaryl/α,β-unsaturated/α-hetero) is 1. The maximum atomic E-state index is 12.4. The Kier molecular flexibility index (Phi) is 4.23. The lowest BCUT2D eigenvalue weighted by atomic mass is 9.81. The van der Waals surface area contributed by atoms with Crippen LogP contribution in [0.4, 0.5) is 0 Å². The maximum absolute atomic E-state index is 12.4. The molecule has 2 saturated heterocycles. The van der Waals surface area contributed by atoms with Crippen molar-refractivity contribution in [1.82, 2.24) is 5.32 Å². The molecule has 0 bridgehead atoms. The topological polar surface area (TPSA) is 38.3 Å². The molecule has 0 radical (unpaired) electrons. The van der Waals surface area contributed by atoms with Crippen molar-refractivity contribution >= 4 is 5.78 Å². The first-order valence-corrected chi connectivity index (χ1v) is 8.15. The highest BCUT2D eigenvalue weighted by Crippen LogP contribution is 2.42. The van der Waals surface area contributed by atoms with E-state index in [2.05, 4.69) is 5.32 Å². The predicted octanol–water partition coefficient (Wildman–Crippen LogP) is 2.68. The maximum Gasteiger partial charge on any atom is 0.136 e. The van der Waals surface area contributed by atoms with Crippen LogP contribution in [0.25, 0.3) is 0 Å². The van der Waals surface area contributed by atoms with Crippen LogP contribution in [0.3, 0.4) is 0 Å². The summed E-state index contributed by atoms with van der Waals surface area (Å²) in [5.41, 5.74) is 0.0908. The van der Waals surface area contributed by atoms with Crippen molar-refractivity contribution in [3.8, 4) is 0 Å². The van der Waals surface area contributed by atoms with E-state index in [1.165, 1.54) is 32.1 Å². The highest BCUT2D eigenvalue weighted by molar-refractivity contribution is 5.81. The number of hydrogen-bond donors (Lipinski definition) is 1. The summed E-state index contributed by atoms with van der Waals surface area (Å²) >= 11 is 0. The summed E-state index contributed by atoms with van der Waals surface area (Å²) in [6.07, 6.45) is 10.1. The van der Waals surface area contributed by atoms with Crippen LogP contribution in [0.2, 0.25) is 0 Å². The Hall–Kier alpha value is -0.410. The fourth-order valence-corrected chi connectivity index (χ4v) is 4.18. The molecule has 1 spiro atoms. The Bertz CT molecular complexity index is 317. The van der Waals surface area contributed by atoms with Gasteiger partial charge in [-0.15, -0.1) is 0 Å². The third-order valence-electron chi connectivity index (χ3n) is 5.42. The van der Waals surface area contributed by atoms with E-state index in [0.29, 0.717) is 11.7 Å². The third kappa shape index (κ3) is 3.19. The lowest BCUT2D eigenvalue weighted by Gasteiger charge is -2.37. The molecular weight excluding hydrogens is 238 g/mol. The van der Waals surface area contributed by atoms with Gasteiger partial charge in [0.05, 0.1) is 5.60 Å². The van der Waals surface area contributed by atoms with Crippen LogP contribution in [0.1, 0.15) is 57.8 Å². The molecule has 0 amide bonds. The lowest BCUT2D eigenvalue weighted by molar-refractivity contribution is -0.136. The molecule has 1 N–H and O–H groups in total. The Balaban J connectivity index is 1.48. The number of carbonyl (C=O) groups excluding carboxylic acids is 1. The van der Waals surface area contributed by atoms with Crippen LogP contribution < -0.4 is 5.32 Å². The third-order valence-corrected chi connectivity index (χ3v) is 5.42. The van der Waals surface area contributed by atoms with Gasteiger partial charge in [0.2, 0.25) is 0 Å². The van der Waals surface area contributed by atoms with Gasteiger partial charge in [-0.25, -0.2) is 0 Å². The van der Waals surface area contributed by atoms with Crippen LogP contribution in [-0.4, -0.2) is 31.1 Å². The molecule has 1 saturated carbocycles. The van der Waals surface area contributed by atoms with Gasteiger partial charge in [-0.1, -0.05) is 12.8 Å². The smallest absolute Gasteiger partial charge is 0.136 e. The van der Waals surface area contributed by atoms with Crippen molar-refractivity contribution in [2.45, 2.75) is 63.4 Å². The average molecular weight is 265 g/mol. The number of ether oxygens (including phenoxy) is 1. The zero-order valence-electron chi connectivity index (χ0n) is 12.0. The van der Waals surface area contributed by atoms with E-state index in [4.69, 9.17) is 4.74 Å². The second-order valence-electron chi connectivity index (χ2n) is 6.79. The SMILES string of the molecule is O=C(CCC1CCNC1)C1CCOC2(CCCC2)C1. The van der Waals surface area contributed by atoms with E-state index < -0.39 is 0 Å². The molecule has 3 aliphatic rings. The highest BCUT2D eigenvalue weighted by atomic mass is 16.5. The van der Waals surface area contributed by atoms with Crippen LogP contribution in [0.15, 0.2) is 0 Å². The molecule has 2 unspecified atom stereocenters. The first-order chi connectivity index (χ1) is 9.27. The minimum atomic E-state index is 0.0908. The standard InChI is InChI=1S/C16H27NO2/c18-15(4-3-13-5-9-17-12-13)14-6-10-19-16(11-14)7-1-2-8-16/h13-14,17H,1-12H2. The van der Waals surface area contributed by atoms with Crippen molar-refractivity contribution in [2.24, 2.45) is 11.8 Å². The van der Waals surface area contributed by atoms with Crippen molar-refractivity contribution in [1.29, 1.82) is 0 Å². The minimum Gasteiger partial charge on any atom is -0.375 e. The van der Waals surface area contributed by atoms with Gasteiger partial charge in [0.15, 0.2) is 0 Å². The molecule has 108 valence electrons. The number of ketones is 1. The molecule has 0 aromatic carbocycles. The predicted molar refractivity (Wildman–Crippen MR) is 75.1 cm³/mol. The van der Waals surface area contributed by atoms with E-state index in [-0.39, 0.29) is 5.60 Å². The summed E-state index contributed by atoms with van der Waals surface area (Å²) in [4.78, 5) is 12.4. The first kappa shape index (κ1) is 13.6. The number of hydrogen-bond acceptors (Lipinski definition) is 3. The fourth-order valence-electron chi connectivity index (χ4n) is 4.18. The van der Waals surface area contributed by atoms with Gasteiger partial charge in [-0.3, -0.25) is 4.79 Å². The second-order valence-corrected chi connectivity index (χ2v) is 6.79. The monoisotopic (exact) mass is 265 g/mol. The Morgan fingerprint density at radius 3 is 2.84 bits per heavy atom. The first-order valence-electron chi connectivity index (χ1n) is 8.15. The Morgan fingerprint density at radius 2 is 2.11 bits per heavy atom. The van der Waals surface area contributed by atoms with Gasteiger partial charge in [0.1, 0.15) is 5.78 Å². The zero-order chi connectivity index (χ0) is 13.1. The number of carbonyl (C=O) groups is 1. The van der Waals surface area contributed by atoms with Crippen LogP contribution in [-0.2, 0) is 9.53 Å². The van der Waals surface area contributed by atoms with Crippen molar-refractivity contribution < 1.29 is 9.53 Å². The van der Waals surface area contributed by atoms with E-state index in [9.17, 15) is 4.79 Å². The summed E-state index contributed by atoms with van der Waals surface area (Å²) < 4.78 is 6.02. The van der Waals surface area contributed by atoms with Gasteiger partial charge < -0.3 is 10.1 Å². The van der Waals surface area contributed by atoms with Gasteiger partial charge >= 0.3 is 0 Å². The molecule has 3 heteroatoms. The fraction of sp³-hybridized carbons (Fsp3) is 0.938. The molecule has 3 rings (SSSR count). The quantitative estimate of drug-likeness (QED) is 0.849. The van der Waals surface area contributed by atoms with Crippen molar-refractivity contribution in [3.05, 3.63) is 0 Å². The Morgan fingerprint density at radius 1 is 1.26 bits per heavy atom. The highest BCUT2D eigenvalue weighted by Gasteiger charge is 2.41. The van der Waals surface area contributed by atoms with Crippen LogP contribution >= 0.6 is 0 Å². The van der Waals surface area contributed by atoms with E-state index in [1.807, 2.05) is 0 Å². The molecule has 3 nitrogen and oxygen atoms in total. The molecule has 2 heterocycles. The van der Waals surface area contributed by atoms with E-state index >= 15 is 0 Å².